The summed E-state index contributed by atoms with van der Waals surface area (Å²) in [5, 5.41) is 9.40. The minimum absolute atomic E-state index is 0.191. The number of amides is 1. The van der Waals surface area contributed by atoms with E-state index in [4.69, 9.17) is 0 Å². The molecule has 0 spiro atoms. The van der Waals surface area contributed by atoms with Crippen molar-refractivity contribution in [1.82, 2.24) is 24.6 Å². The molecule has 0 saturated heterocycles. The minimum Gasteiger partial charge on any atom is -0.357 e. The number of H-pyrrole nitrogens is 1. The van der Waals surface area contributed by atoms with Gasteiger partial charge in [-0.05, 0) is 45.6 Å². The first kappa shape index (κ1) is 19.1. The van der Waals surface area contributed by atoms with Crippen LogP contribution in [0.25, 0.3) is 21.8 Å². The number of hydrogen-bond donors (Lipinski definition) is 2. The Hall–Kier alpha value is -3.19. The van der Waals surface area contributed by atoms with E-state index in [9.17, 15) is 4.79 Å². The molecule has 0 aliphatic heterocycles. The SMILES string of the molecule is CC[C@@H](c1cc2cnc(NC(=O)c3ccc4c(C)nn(C)c4c3)cc2[nH]1)N(C)C. The van der Waals surface area contributed by atoms with Crippen molar-refractivity contribution in [3.63, 3.8) is 0 Å². The molecule has 0 radical (unpaired) electrons. The summed E-state index contributed by atoms with van der Waals surface area (Å²) >= 11 is 0. The van der Waals surface area contributed by atoms with Crippen LogP contribution in [-0.4, -0.2) is 44.7 Å². The van der Waals surface area contributed by atoms with Crippen molar-refractivity contribution in [2.75, 3.05) is 19.4 Å². The molecule has 3 heterocycles. The number of aromatic amines is 1. The summed E-state index contributed by atoms with van der Waals surface area (Å²) in [5.41, 5.74) is 4.57. The van der Waals surface area contributed by atoms with Crippen LogP contribution in [0.5, 0.6) is 0 Å². The highest BCUT2D eigenvalue weighted by Gasteiger charge is 2.16. The lowest BCUT2D eigenvalue weighted by Gasteiger charge is -2.21. The summed E-state index contributed by atoms with van der Waals surface area (Å²) in [5.74, 6) is 0.333. The van der Waals surface area contributed by atoms with Gasteiger partial charge in [-0.2, -0.15) is 5.10 Å². The van der Waals surface area contributed by atoms with Crippen LogP contribution in [0.15, 0.2) is 36.5 Å². The Bertz CT molecular complexity index is 1200. The number of carbonyl (C=O) groups is 1. The molecular weight excluding hydrogens is 364 g/mol. The zero-order valence-electron chi connectivity index (χ0n) is 17.4. The molecule has 4 rings (SSSR count). The second kappa shape index (κ2) is 7.33. The van der Waals surface area contributed by atoms with E-state index in [0.717, 1.165) is 39.6 Å². The number of aromatic nitrogens is 4. The van der Waals surface area contributed by atoms with E-state index in [2.05, 4.69) is 52.4 Å². The summed E-state index contributed by atoms with van der Waals surface area (Å²) in [4.78, 5) is 22.8. The Morgan fingerprint density at radius 2 is 2.07 bits per heavy atom. The molecule has 4 aromatic rings. The Kier molecular flexibility index (Phi) is 4.84. The smallest absolute Gasteiger partial charge is 0.256 e. The largest absolute Gasteiger partial charge is 0.357 e. The van der Waals surface area contributed by atoms with Crippen molar-refractivity contribution in [3.8, 4) is 0 Å². The van der Waals surface area contributed by atoms with Gasteiger partial charge in [0.25, 0.3) is 5.91 Å². The average molecular weight is 390 g/mol. The molecule has 150 valence electrons. The zero-order valence-corrected chi connectivity index (χ0v) is 17.4. The van der Waals surface area contributed by atoms with Crippen molar-refractivity contribution in [2.45, 2.75) is 26.3 Å². The molecule has 0 aliphatic carbocycles. The van der Waals surface area contributed by atoms with Crippen LogP contribution in [0.1, 0.15) is 41.1 Å². The number of nitrogens with zero attached hydrogens (tertiary/aromatic N) is 4. The molecule has 0 aliphatic rings. The lowest BCUT2D eigenvalue weighted by Crippen LogP contribution is -2.19. The van der Waals surface area contributed by atoms with Crippen LogP contribution < -0.4 is 5.32 Å². The number of carbonyl (C=O) groups excluding carboxylic acids is 1. The van der Waals surface area contributed by atoms with Crippen molar-refractivity contribution < 1.29 is 4.79 Å². The molecule has 2 N–H and O–H groups in total. The minimum atomic E-state index is -0.191. The number of benzene rings is 1. The van der Waals surface area contributed by atoms with Gasteiger partial charge < -0.3 is 15.2 Å². The quantitative estimate of drug-likeness (QED) is 0.539. The van der Waals surface area contributed by atoms with Crippen LogP contribution in [0.3, 0.4) is 0 Å². The van der Waals surface area contributed by atoms with Gasteiger partial charge in [-0.25, -0.2) is 4.98 Å². The molecule has 7 nitrogen and oxygen atoms in total. The number of nitrogens with one attached hydrogen (secondary N) is 2. The molecule has 0 unspecified atom stereocenters. The van der Waals surface area contributed by atoms with Gasteiger partial charge in [0.15, 0.2) is 0 Å². The molecule has 7 heteroatoms. The Morgan fingerprint density at radius 1 is 1.28 bits per heavy atom. The first-order chi connectivity index (χ1) is 13.9. The zero-order chi connectivity index (χ0) is 20.7. The highest BCUT2D eigenvalue weighted by atomic mass is 16.1. The molecule has 1 atom stereocenters. The second-order valence-corrected chi connectivity index (χ2v) is 7.66. The van der Waals surface area contributed by atoms with Gasteiger partial charge in [0.2, 0.25) is 0 Å². The average Bonchev–Trinajstić information content (AvgIpc) is 3.22. The number of fused-ring (bicyclic) bond motifs is 2. The molecule has 0 bridgehead atoms. The Labute approximate surface area is 169 Å². The standard InChI is InChI=1S/C22H26N6O/c1-6-19(27(3)4)18-9-15-12-23-21(11-17(15)24-18)25-22(29)14-7-8-16-13(2)26-28(5)20(16)10-14/h7-12,19,24H,6H2,1-5H3,(H,23,25,29)/t19-/m0/s1. The van der Waals surface area contributed by atoms with E-state index in [0.29, 0.717) is 17.4 Å². The summed E-state index contributed by atoms with van der Waals surface area (Å²) in [6.07, 6.45) is 2.80. The van der Waals surface area contributed by atoms with E-state index in [1.165, 1.54) is 0 Å². The van der Waals surface area contributed by atoms with Gasteiger partial charge in [0.1, 0.15) is 5.82 Å². The van der Waals surface area contributed by atoms with Crippen LogP contribution in [0.2, 0.25) is 0 Å². The summed E-state index contributed by atoms with van der Waals surface area (Å²) < 4.78 is 1.79. The fourth-order valence-corrected chi connectivity index (χ4v) is 3.93. The van der Waals surface area contributed by atoms with Gasteiger partial charge in [-0.15, -0.1) is 0 Å². The molecule has 1 aromatic carbocycles. The van der Waals surface area contributed by atoms with E-state index in [1.54, 1.807) is 10.9 Å². The molecule has 0 saturated carbocycles. The first-order valence-corrected chi connectivity index (χ1v) is 9.77. The lowest BCUT2D eigenvalue weighted by molar-refractivity contribution is 0.102. The first-order valence-electron chi connectivity index (χ1n) is 9.77. The Balaban J connectivity index is 1.60. The van der Waals surface area contributed by atoms with Gasteiger partial charge in [-0.1, -0.05) is 13.0 Å². The number of pyridine rings is 1. The topological polar surface area (TPSA) is 78.8 Å². The van der Waals surface area contributed by atoms with Crippen molar-refractivity contribution in [3.05, 3.63) is 53.5 Å². The van der Waals surface area contributed by atoms with E-state index < -0.39 is 0 Å². The number of hydrogen-bond acceptors (Lipinski definition) is 4. The van der Waals surface area contributed by atoms with Crippen LogP contribution in [-0.2, 0) is 7.05 Å². The normalized spacial score (nSPS) is 12.8. The predicted octanol–water partition coefficient (Wildman–Crippen LogP) is 4.02. The van der Waals surface area contributed by atoms with Crippen LogP contribution in [0, 0.1) is 6.92 Å². The lowest BCUT2D eigenvalue weighted by atomic mass is 10.1. The molecule has 1 amide bonds. The third-order valence-corrected chi connectivity index (χ3v) is 5.43. The third kappa shape index (κ3) is 3.49. The maximum atomic E-state index is 12.8. The van der Waals surface area contributed by atoms with E-state index >= 15 is 0 Å². The van der Waals surface area contributed by atoms with Gasteiger partial charge >= 0.3 is 0 Å². The fraction of sp³-hybridized carbons (Fsp3) is 0.318. The van der Waals surface area contributed by atoms with Crippen molar-refractivity contribution >= 4 is 33.5 Å². The van der Waals surface area contributed by atoms with Gasteiger partial charge in [0.05, 0.1) is 16.7 Å². The van der Waals surface area contributed by atoms with E-state index in [1.807, 2.05) is 38.2 Å². The van der Waals surface area contributed by atoms with Crippen molar-refractivity contribution in [2.24, 2.45) is 7.05 Å². The Morgan fingerprint density at radius 3 is 2.79 bits per heavy atom. The second-order valence-electron chi connectivity index (χ2n) is 7.66. The number of aryl methyl sites for hydroxylation is 2. The third-order valence-electron chi connectivity index (χ3n) is 5.43. The van der Waals surface area contributed by atoms with Crippen molar-refractivity contribution in [1.29, 1.82) is 0 Å². The predicted molar refractivity (Wildman–Crippen MR) is 116 cm³/mol. The summed E-state index contributed by atoms with van der Waals surface area (Å²) in [6.45, 7) is 4.13. The summed E-state index contributed by atoms with van der Waals surface area (Å²) in [7, 11) is 6.03. The number of anilines is 1. The molecule has 3 aromatic heterocycles. The van der Waals surface area contributed by atoms with E-state index in [-0.39, 0.29) is 5.91 Å². The van der Waals surface area contributed by atoms with Crippen LogP contribution >= 0.6 is 0 Å². The van der Waals surface area contributed by atoms with Gasteiger partial charge in [-0.3, -0.25) is 9.48 Å². The highest BCUT2D eigenvalue weighted by Crippen LogP contribution is 2.26. The monoisotopic (exact) mass is 390 g/mol. The number of rotatable bonds is 5. The highest BCUT2D eigenvalue weighted by molar-refractivity contribution is 6.06. The maximum Gasteiger partial charge on any atom is 0.256 e. The summed E-state index contributed by atoms with van der Waals surface area (Å²) in [6, 6.07) is 9.94. The molecule has 0 fully saturated rings. The van der Waals surface area contributed by atoms with Gasteiger partial charge in [0, 0.05) is 47.4 Å². The molecule has 29 heavy (non-hydrogen) atoms. The molecular formula is C22H26N6O. The fourth-order valence-electron chi connectivity index (χ4n) is 3.93. The maximum absolute atomic E-state index is 12.8. The van der Waals surface area contributed by atoms with Crippen LogP contribution in [0.4, 0.5) is 5.82 Å².